The van der Waals surface area contributed by atoms with E-state index in [1.54, 1.807) is 12.4 Å². The number of ether oxygens (including phenoxy) is 1. The number of halogens is 1. The Morgan fingerprint density at radius 3 is 2.42 bits per heavy atom. The molecule has 0 unspecified atom stereocenters. The Hall–Kier alpha value is -1.58. The van der Waals surface area contributed by atoms with Gasteiger partial charge in [0.2, 0.25) is 0 Å². The highest BCUT2D eigenvalue weighted by molar-refractivity contribution is 6.32. The molecule has 0 spiro atoms. The lowest BCUT2D eigenvalue weighted by atomic mass is 10.1. The molecule has 0 aliphatic rings. The molecule has 19 heavy (non-hydrogen) atoms. The molecule has 4 heteroatoms. The minimum atomic E-state index is 0.601. The molecule has 0 bridgehead atoms. The maximum atomic E-state index is 6.14. The highest BCUT2D eigenvalue weighted by Gasteiger charge is 2.05. The largest absolute Gasteiger partial charge is 0.456 e. The van der Waals surface area contributed by atoms with Crippen LogP contribution in [-0.2, 0) is 6.42 Å². The summed E-state index contributed by atoms with van der Waals surface area (Å²) in [4.78, 5) is 4.16. The van der Waals surface area contributed by atoms with E-state index in [0.29, 0.717) is 12.3 Å². The summed E-state index contributed by atoms with van der Waals surface area (Å²) in [5, 5.41) is 0.780. The third kappa shape index (κ3) is 3.46. The number of hydrogen-bond acceptors (Lipinski definition) is 3. The first kappa shape index (κ1) is 13.8. The predicted octanol–water partition coefficient (Wildman–Crippen LogP) is 3.65. The second-order valence-electron chi connectivity index (χ2n) is 4.54. The van der Waals surface area contributed by atoms with Gasteiger partial charge in [0.25, 0.3) is 0 Å². The van der Waals surface area contributed by atoms with Crippen molar-refractivity contribution in [2.45, 2.75) is 20.3 Å². The van der Waals surface area contributed by atoms with Crippen LogP contribution in [0.15, 0.2) is 30.6 Å². The third-order valence-corrected chi connectivity index (χ3v) is 3.44. The molecule has 100 valence electrons. The van der Waals surface area contributed by atoms with E-state index in [2.05, 4.69) is 4.98 Å². The van der Waals surface area contributed by atoms with Crippen LogP contribution in [0.5, 0.6) is 11.5 Å². The van der Waals surface area contributed by atoms with Gasteiger partial charge in [0, 0.05) is 11.2 Å². The van der Waals surface area contributed by atoms with Crippen molar-refractivity contribution in [3.8, 4) is 11.5 Å². The molecular weight excluding hydrogens is 260 g/mol. The van der Waals surface area contributed by atoms with E-state index in [-0.39, 0.29) is 0 Å². The van der Waals surface area contributed by atoms with Gasteiger partial charge in [-0.25, -0.2) is 0 Å². The highest BCUT2D eigenvalue weighted by Crippen LogP contribution is 2.29. The van der Waals surface area contributed by atoms with E-state index in [0.717, 1.165) is 33.9 Å². The fourth-order valence-electron chi connectivity index (χ4n) is 1.92. The molecular formula is C15H17ClN2O. The Morgan fingerprint density at radius 1 is 1.11 bits per heavy atom. The van der Waals surface area contributed by atoms with Crippen LogP contribution in [-0.4, -0.2) is 11.5 Å². The summed E-state index contributed by atoms with van der Waals surface area (Å²) in [5.74, 6) is 1.48. The zero-order valence-electron chi connectivity index (χ0n) is 11.1. The van der Waals surface area contributed by atoms with Gasteiger partial charge < -0.3 is 10.5 Å². The molecule has 0 saturated carbocycles. The minimum absolute atomic E-state index is 0.601. The van der Waals surface area contributed by atoms with Crippen LogP contribution in [0.25, 0.3) is 0 Å². The van der Waals surface area contributed by atoms with Crippen LogP contribution in [0, 0.1) is 13.8 Å². The topological polar surface area (TPSA) is 48.1 Å². The van der Waals surface area contributed by atoms with Crippen molar-refractivity contribution in [1.82, 2.24) is 4.98 Å². The highest BCUT2D eigenvalue weighted by atomic mass is 35.5. The summed E-state index contributed by atoms with van der Waals surface area (Å²) in [5.41, 5.74) is 8.61. The van der Waals surface area contributed by atoms with Gasteiger partial charge in [0.1, 0.15) is 11.5 Å². The van der Waals surface area contributed by atoms with Gasteiger partial charge in [-0.15, -0.1) is 0 Å². The second kappa shape index (κ2) is 6.04. The Balaban J connectivity index is 2.23. The van der Waals surface area contributed by atoms with Gasteiger partial charge in [-0.05, 0) is 61.7 Å². The molecule has 0 aliphatic carbocycles. The van der Waals surface area contributed by atoms with Crippen LogP contribution in [0.4, 0.5) is 0 Å². The van der Waals surface area contributed by atoms with E-state index in [9.17, 15) is 0 Å². The van der Waals surface area contributed by atoms with Crippen LogP contribution in [0.3, 0.4) is 0 Å². The number of hydrogen-bond donors (Lipinski definition) is 1. The molecule has 1 heterocycles. The zero-order chi connectivity index (χ0) is 13.8. The molecule has 3 nitrogen and oxygen atoms in total. The monoisotopic (exact) mass is 276 g/mol. The van der Waals surface area contributed by atoms with Crippen molar-refractivity contribution in [2.75, 3.05) is 6.54 Å². The van der Waals surface area contributed by atoms with Crippen molar-refractivity contribution in [2.24, 2.45) is 5.73 Å². The van der Waals surface area contributed by atoms with Crippen LogP contribution >= 0.6 is 11.6 Å². The molecule has 0 radical (unpaired) electrons. The van der Waals surface area contributed by atoms with Crippen molar-refractivity contribution in [3.05, 3.63) is 52.3 Å². The minimum Gasteiger partial charge on any atom is -0.456 e. The second-order valence-corrected chi connectivity index (χ2v) is 4.92. The first-order valence-electron chi connectivity index (χ1n) is 6.18. The molecule has 0 saturated heterocycles. The van der Waals surface area contributed by atoms with Gasteiger partial charge in [0.05, 0.1) is 6.20 Å². The van der Waals surface area contributed by atoms with Gasteiger partial charge in [-0.3, -0.25) is 4.98 Å². The Bertz CT molecular complexity index is 561. The Labute approximate surface area is 118 Å². The first-order chi connectivity index (χ1) is 9.10. The van der Waals surface area contributed by atoms with Crippen molar-refractivity contribution in [3.63, 3.8) is 0 Å². The van der Waals surface area contributed by atoms with Crippen LogP contribution in [0.2, 0.25) is 5.02 Å². The van der Waals surface area contributed by atoms with Gasteiger partial charge in [-0.2, -0.15) is 0 Å². The zero-order valence-corrected chi connectivity index (χ0v) is 11.9. The molecule has 0 atom stereocenters. The molecule has 0 amide bonds. The van der Waals surface area contributed by atoms with Crippen LogP contribution < -0.4 is 10.5 Å². The fraction of sp³-hybridized carbons (Fsp3) is 0.267. The lowest BCUT2D eigenvalue weighted by molar-refractivity contribution is 0.478. The van der Waals surface area contributed by atoms with E-state index < -0.39 is 0 Å². The number of benzene rings is 1. The normalized spacial score (nSPS) is 10.5. The van der Waals surface area contributed by atoms with E-state index >= 15 is 0 Å². The molecule has 0 fully saturated rings. The molecule has 2 N–H and O–H groups in total. The number of aryl methyl sites for hydroxylation is 2. The lowest BCUT2D eigenvalue weighted by Gasteiger charge is -2.10. The standard InChI is InChI=1S/C15H17ClN2O/c1-10-5-13(6-11(2)15(10)16)19-14-7-12(3-4-17)8-18-9-14/h5-9H,3-4,17H2,1-2H3. The molecule has 0 aliphatic heterocycles. The van der Waals surface area contributed by atoms with Crippen molar-refractivity contribution >= 4 is 11.6 Å². The quantitative estimate of drug-likeness (QED) is 0.927. The van der Waals surface area contributed by atoms with Gasteiger partial charge in [-0.1, -0.05) is 11.6 Å². The van der Waals surface area contributed by atoms with E-state index in [1.165, 1.54) is 0 Å². The summed E-state index contributed by atoms with van der Waals surface area (Å²) in [6.45, 7) is 4.53. The van der Waals surface area contributed by atoms with Gasteiger partial charge in [0.15, 0.2) is 0 Å². The smallest absolute Gasteiger partial charge is 0.145 e. The Morgan fingerprint density at radius 2 is 1.79 bits per heavy atom. The third-order valence-electron chi connectivity index (χ3n) is 2.85. The van der Waals surface area contributed by atoms with Crippen molar-refractivity contribution < 1.29 is 4.74 Å². The molecule has 1 aromatic heterocycles. The molecule has 2 rings (SSSR count). The predicted molar refractivity (Wildman–Crippen MR) is 78.0 cm³/mol. The van der Waals surface area contributed by atoms with Crippen LogP contribution in [0.1, 0.15) is 16.7 Å². The summed E-state index contributed by atoms with van der Waals surface area (Å²) in [6.07, 6.45) is 4.29. The van der Waals surface area contributed by atoms with E-state index in [1.807, 2.05) is 32.0 Å². The SMILES string of the molecule is Cc1cc(Oc2cncc(CCN)c2)cc(C)c1Cl. The maximum Gasteiger partial charge on any atom is 0.145 e. The van der Waals surface area contributed by atoms with Gasteiger partial charge >= 0.3 is 0 Å². The number of aromatic nitrogens is 1. The maximum absolute atomic E-state index is 6.14. The molecule has 2 aromatic rings. The number of nitrogens with two attached hydrogens (primary N) is 1. The average Bonchev–Trinajstić information content (AvgIpc) is 2.37. The lowest BCUT2D eigenvalue weighted by Crippen LogP contribution is -2.03. The number of rotatable bonds is 4. The fourth-order valence-corrected chi connectivity index (χ4v) is 2.03. The summed E-state index contributed by atoms with van der Waals surface area (Å²) in [6, 6.07) is 5.80. The molecule has 1 aromatic carbocycles. The first-order valence-corrected chi connectivity index (χ1v) is 6.56. The average molecular weight is 277 g/mol. The Kier molecular flexibility index (Phi) is 4.40. The number of pyridine rings is 1. The summed E-state index contributed by atoms with van der Waals surface area (Å²) in [7, 11) is 0. The summed E-state index contributed by atoms with van der Waals surface area (Å²) >= 11 is 6.14. The van der Waals surface area contributed by atoms with E-state index in [4.69, 9.17) is 22.1 Å². The number of nitrogens with zero attached hydrogens (tertiary/aromatic N) is 1. The summed E-state index contributed by atoms with van der Waals surface area (Å²) < 4.78 is 5.82. The van der Waals surface area contributed by atoms with Crippen molar-refractivity contribution in [1.29, 1.82) is 0 Å².